The zero-order chi connectivity index (χ0) is 9.35. The van der Waals surface area contributed by atoms with Gasteiger partial charge < -0.3 is 0 Å². The first-order valence-corrected chi connectivity index (χ1v) is 3.91. The molecule has 0 aliphatic heterocycles. The van der Waals surface area contributed by atoms with E-state index in [9.17, 15) is 4.39 Å². The first kappa shape index (κ1) is 9.10. The van der Waals surface area contributed by atoms with Crippen molar-refractivity contribution in [1.82, 2.24) is 10.2 Å². The molecule has 0 saturated heterocycles. The minimum Gasteiger partial charge on any atom is -0.239 e. The molecule has 0 aliphatic rings. The van der Waals surface area contributed by atoms with Crippen molar-refractivity contribution in [3.63, 3.8) is 0 Å². The van der Waals surface area contributed by atoms with E-state index in [1.807, 2.05) is 6.92 Å². The van der Waals surface area contributed by atoms with Gasteiger partial charge >= 0.3 is 0 Å². The molecule has 0 aromatic carbocycles. The summed E-state index contributed by atoms with van der Waals surface area (Å²) in [5.41, 5.74) is 0.703. The van der Waals surface area contributed by atoms with E-state index in [2.05, 4.69) is 10.2 Å². The molecule has 3 heteroatoms. The maximum Gasteiger partial charge on any atom is 0.132 e. The Morgan fingerprint density at radius 2 is 1.83 bits per heavy atom. The highest BCUT2D eigenvalue weighted by Crippen LogP contribution is 2.26. The zero-order valence-electron chi connectivity index (χ0n) is 7.85. The van der Waals surface area contributed by atoms with Gasteiger partial charge in [-0.15, -0.1) is 0 Å². The Kier molecular flexibility index (Phi) is 2.13. The molecule has 0 radical (unpaired) electrons. The smallest absolute Gasteiger partial charge is 0.132 e. The fourth-order valence-electron chi connectivity index (χ4n) is 1.15. The van der Waals surface area contributed by atoms with Crippen LogP contribution < -0.4 is 0 Å². The maximum atomic E-state index is 13.5. The van der Waals surface area contributed by atoms with Crippen LogP contribution in [-0.4, -0.2) is 10.2 Å². The molecular formula is C9H13FN2. The molecule has 0 unspecified atom stereocenters. The number of rotatable bonds is 1. The highest BCUT2D eigenvalue weighted by atomic mass is 19.1. The predicted molar refractivity (Wildman–Crippen MR) is 45.6 cm³/mol. The molecule has 0 saturated carbocycles. The third kappa shape index (κ3) is 1.78. The Morgan fingerprint density at radius 3 is 2.25 bits per heavy atom. The summed E-state index contributed by atoms with van der Waals surface area (Å²) in [5.74, 6) is 0. The van der Waals surface area contributed by atoms with Gasteiger partial charge in [-0.1, -0.05) is 0 Å². The number of nitrogens with zero attached hydrogens (tertiary/aromatic N) is 2. The lowest BCUT2D eigenvalue weighted by Crippen LogP contribution is -2.13. The number of aryl methyl sites for hydroxylation is 2. The second kappa shape index (κ2) is 2.81. The number of halogens is 1. The van der Waals surface area contributed by atoms with Crippen LogP contribution in [0.2, 0.25) is 0 Å². The van der Waals surface area contributed by atoms with E-state index in [4.69, 9.17) is 0 Å². The van der Waals surface area contributed by atoms with Crippen molar-refractivity contribution in [2.75, 3.05) is 0 Å². The minimum absolute atomic E-state index is 0.620. The van der Waals surface area contributed by atoms with Crippen molar-refractivity contribution in [2.24, 2.45) is 0 Å². The average Bonchev–Trinajstić information content (AvgIpc) is 1.92. The SMILES string of the molecule is Cc1cc(C(C)(C)F)c(C)nn1. The molecule has 0 N–H and O–H groups in total. The van der Waals surface area contributed by atoms with Gasteiger partial charge in [-0.05, 0) is 33.8 Å². The van der Waals surface area contributed by atoms with Crippen molar-refractivity contribution in [1.29, 1.82) is 0 Å². The van der Waals surface area contributed by atoms with E-state index in [1.165, 1.54) is 13.8 Å². The van der Waals surface area contributed by atoms with E-state index in [0.29, 0.717) is 11.3 Å². The summed E-state index contributed by atoms with van der Waals surface area (Å²) in [7, 11) is 0. The number of aromatic nitrogens is 2. The third-order valence-corrected chi connectivity index (χ3v) is 1.74. The number of alkyl halides is 1. The number of hydrogen-bond acceptors (Lipinski definition) is 2. The minimum atomic E-state index is -1.33. The molecule has 0 amide bonds. The highest BCUT2D eigenvalue weighted by molar-refractivity contribution is 5.25. The Balaban J connectivity index is 3.23. The lowest BCUT2D eigenvalue weighted by molar-refractivity contribution is 0.219. The molecule has 2 nitrogen and oxygen atoms in total. The Morgan fingerprint density at radius 1 is 1.25 bits per heavy atom. The van der Waals surface area contributed by atoms with Crippen molar-refractivity contribution in [2.45, 2.75) is 33.4 Å². The monoisotopic (exact) mass is 168 g/mol. The Bertz CT molecular complexity index is 289. The summed E-state index contributed by atoms with van der Waals surface area (Å²) in [5, 5.41) is 7.69. The molecule has 1 aromatic heterocycles. The Hall–Kier alpha value is -0.990. The Labute approximate surface area is 71.8 Å². The van der Waals surface area contributed by atoms with Gasteiger partial charge in [0.25, 0.3) is 0 Å². The van der Waals surface area contributed by atoms with Crippen molar-refractivity contribution >= 4 is 0 Å². The number of hydrogen-bond donors (Lipinski definition) is 0. The molecule has 0 spiro atoms. The molecule has 0 fully saturated rings. The first-order chi connectivity index (χ1) is 5.41. The van der Waals surface area contributed by atoms with Gasteiger partial charge in [0, 0.05) is 5.56 Å². The first-order valence-electron chi connectivity index (χ1n) is 3.91. The molecule has 1 heterocycles. The van der Waals surface area contributed by atoms with E-state index in [1.54, 1.807) is 13.0 Å². The molecule has 0 aliphatic carbocycles. The van der Waals surface area contributed by atoms with E-state index in [-0.39, 0.29) is 0 Å². The summed E-state index contributed by atoms with van der Waals surface area (Å²) >= 11 is 0. The van der Waals surface area contributed by atoms with Gasteiger partial charge in [-0.2, -0.15) is 10.2 Å². The van der Waals surface area contributed by atoms with Crippen LogP contribution in [0.3, 0.4) is 0 Å². The summed E-state index contributed by atoms with van der Waals surface area (Å²) in [4.78, 5) is 0. The van der Waals surface area contributed by atoms with Gasteiger partial charge in [0.2, 0.25) is 0 Å². The van der Waals surface area contributed by atoms with E-state index in [0.717, 1.165) is 5.69 Å². The predicted octanol–water partition coefficient (Wildman–Crippen LogP) is 2.30. The molecular weight excluding hydrogens is 155 g/mol. The third-order valence-electron chi connectivity index (χ3n) is 1.74. The van der Waals surface area contributed by atoms with Gasteiger partial charge in [0.05, 0.1) is 11.4 Å². The maximum absolute atomic E-state index is 13.5. The van der Waals surface area contributed by atoms with Crippen molar-refractivity contribution in [3.05, 3.63) is 23.0 Å². The second-order valence-electron chi connectivity index (χ2n) is 3.46. The average molecular weight is 168 g/mol. The molecule has 12 heavy (non-hydrogen) atoms. The largest absolute Gasteiger partial charge is 0.239 e. The van der Waals surface area contributed by atoms with Crippen LogP contribution in [0, 0.1) is 13.8 Å². The fraction of sp³-hybridized carbons (Fsp3) is 0.556. The summed E-state index contributed by atoms with van der Waals surface area (Å²) in [6, 6.07) is 1.74. The van der Waals surface area contributed by atoms with Crippen LogP contribution in [0.4, 0.5) is 4.39 Å². The fourth-order valence-corrected chi connectivity index (χ4v) is 1.15. The lowest BCUT2D eigenvalue weighted by Gasteiger charge is -2.16. The van der Waals surface area contributed by atoms with Crippen molar-refractivity contribution in [3.8, 4) is 0 Å². The molecule has 1 aromatic rings. The lowest BCUT2D eigenvalue weighted by atomic mass is 9.99. The van der Waals surface area contributed by atoms with Crippen LogP contribution in [0.15, 0.2) is 6.07 Å². The van der Waals surface area contributed by atoms with Crippen LogP contribution in [0.25, 0.3) is 0 Å². The summed E-state index contributed by atoms with van der Waals surface area (Å²) in [6.45, 7) is 6.62. The van der Waals surface area contributed by atoms with Gasteiger partial charge in [0.1, 0.15) is 5.67 Å². The summed E-state index contributed by atoms with van der Waals surface area (Å²) < 4.78 is 13.5. The van der Waals surface area contributed by atoms with E-state index < -0.39 is 5.67 Å². The highest BCUT2D eigenvalue weighted by Gasteiger charge is 2.22. The van der Waals surface area contributed by atoms with Crippen molar-refractivity contribution < 1.29 is 4.39 Å². The van der Waals surface area contributed by atoms with Crippen LogP contribution in [-0.2, 0) is 5.67 Å². The van der Waals surface area contributed by atoms with Crippen LogP contribution >= 0.6 is 0 Å². The standard InChI is InChI=1S/C9H13FN2/c1-6-5-8(9(3,4)10)7(2)12-11-6/h5H,1-4H3. The molecule has 0 atom stereocenters. The van der Waals surface area contributed by atoms with Gasteiger partial charge in [-0.25, -0.2) is 4.39 Å². The second-order valence-corrected chi connectivity index (χ2v) is 3.46. The molecule has 0 bridgehead atoms. The molecule has 1 rings (SSSR count). The molecule has 66 valence electrons. The van der Waals surface area contributed by atoms with Gasteiger partial charge in [0.15, 0.2) is 0 Å². The van der Waals surface area contributed by atoms with Crippen LogP contribution in [0.5, 0.6) is 0 Å². The summed E-state index contributed by atoms with van der Waals surface area (Å²) in [6.07, 6.45) is 0. The zero-order valence-corrected chi connectivity index (χ0v) is 7.85. The van der Waals surface area contributed by atoms with Gasteiger partial charge in [-0.3, -0.25) is 0 Å². The van der Waals surface area contributed by atoms with E-state index >= 15 is 0 Å². The normalized spacial score (nSPS) is 11.8. The van der Waals surface area contributed by atoms with Crippen LogP contribution in [0.1, 0.15) is 30.8 Å². The quantitative estimate of drug-likeness (QED) is 0.643. The topological polar surface area (TPSA) is 25.8 Å².